The highest BCUT2D eigenvalue weighted by Gasteiger charge is 2.56. The van der Waals surface area contributed by atoms with E-state index in [0.717, 1.165) is 12.3 Å². The number of amides is 1. The maximum Gasteiger partial charge on any atom is 0.226 e. The molecule has 20 heavy (non-hydrogen) atoms. The summed E-state index contributed by atoms with van der Waals surface area (Å²) in [4.78, 5) is 12.7. The van der Waals surface area contributed by atoms with E-state index in [1.54, 1.807) is 0 Å². The quantitative estimate of drug-likeness (QED) is 0.887. The van der Waals surface area contributed by atoms with Crippen molar-refractivity contribution in [2.75, 3.05) is 0 Å². The normalized spacial score (nSPS) is 32.6. The van der Waals surface area contributed by atoms with Crippen LogP contribution >= 0.6 is 0 Å². The van der Waals surface area contributed by atoms with Gasteiger partial charge in [-0.3, -0.25) is 4.79 Å². The molecule has 1 N–H and O–H groups in total. The molecular weight excluding hydrogens is 246 g/mol. The first-order valence-corrected chi connectivity index (χ1v) is 7.78. The van der Waals surface area contributed by atoms with Crippen LogP contribution in [-0.2, 0) is 4.79 Å². The molecule has 1 amide bonds. The van der Waals surface area contributed by atoms with E-state index in [-0.39, 0.29) is 17.4 Å². The number of benzene rings is 1. The van der Waals surface area contributed by atoms with Gasteiger partial charge in [-0.05, 0) is 63.0 Å². The molecule has 2 unspecified atom stereocenters. The molecule has 0 aliphatic heterocycles. The van der Waals surface area contributed by atoms with Gasteiger partial charge in [-0.1, -0.05) is 30.7 Å². The van der Waals surface area contributed by atoms with Crippen molar-refractivity contribution in [3.63, 3.8) is 0 Å². The molecule has 3 fully saturated rings. The minimum atomic E-state index is -0.114. The highest BCUT2D eigenvalue weighted by Crippen LogP contribution is 2.59. The average molecular weight is 271 g/mol. The SMILES string of the molecule is Cc1ccc(C(C)NC(=O)C2(C)CC3CC2C3)c(C)c1. The van der Waals surface area contributed by atoms with Gasteiger partial charge < -0.3 is 5.32 Å². The average Bonchev–Trinajstić information content (AvgIpc) is 2.82. The summed E-state index contributed by atoms with van der Waals surface area (Å²) < 4.78 is 0. The predicted octanol–water partition coefficient (Wildman–Crippen LogP) is 3.92. The largest absolute Gasteiger partial charge is 0.349 e. The summed E-state index contributed by atoms with van der Waals surface area (Å²) in [5.74, 6) is 1.70. The van der Waals surface area contributed by atoms with Crippen LogP contribution in [0, 0.1) is 31.1 Å². The lowest BCUT2D eigenvalue weighted by Crippen LogP contribution is -2.41. The van der Waals surface area contributed by atoms with Crippen molar-refractivity contribution < 1.29 is 4.79 Å². The summed E-state index contributed by atoms with van der Waals surface area (Å²) in [6.45, 7) is 8.49. The second kappa shape index (κ2) is 4.61. The smallest absolute Gasteiger partial charge is 0.226 e. The van der Waals surface area contributed by atoms with Crippen LogP contribution in [0.3, 0.4) is 0 Å². The van der Waals surface area contributed by atoms with Gasteiger partial charge in [-0.2, -0.15) is 0 Å². The molecule has 3 aliphatic rings. The lowest BCUT2D eigenvalue weighted by molar-refractivity contribution is -0.132. The third-order valence-electron chi connectivity index (χ3n) is 5.61. The molecule has 1 aromatic rings. The number of aryl methyl sites for hydroxylation is 2. The number of carbonyl (C=O) groups is 1. The lowest BCUT2D eigenvalue weighted by atomic mass is 9.75. The molecule has 4 rings (SSSR count). The van der Waals surface area contributed by atoms with E-state index in [1.807, 2.05) is 0 Å². The fourth-order valence-corrected chi connectivity index (χ4v) is 4.22. The van der Waals surface area contributed by atoms with E-state index in [0.29, 0.717) is 5.92 Å². The molecule has 3 saturated carbocycles. The fraction of sp³-hybridized carbons (Fsp3) is 0.611. The first-order chi connectivity index (χ1) is 9.40. The summed E-state index contributed by atoms with van der Waals surface area (Å²) in [5, 5.41) is 3.26. The molecule has 0 heterocycles. The number of carbonyl (C=O) groups excluding carboxylic acids is 1. The van der Waals surface area contributed by atoms with Gasteiger partial charge >= 0.3 is 0 Å². The molecule has 0 radical (unpaired) electrons. The molecular formula is C18H25NO. The second-order valence-corrected chi connectivity index (χ2v) is 7.21. The van der Waals surface area contributed by atoms with Gasteiger partial charge in [0.15, 0.2) is 0 Å². The van der Waals surface area contributed by atoms with Gasteiger partial charge in [0, 0.05) is 5.41 Å². The van der Waals surface area contributed by atoms with Crippen LogP contribution in [0.2, 0.25) is 0 Å². The molecule has 0 saturated heterocycles. The fourth-order valence-electron chi connectivity index (χ4n) is 4.22. The molecule has 2 heteroatoms. The maximum absolute atomic E-state index is 12.7. The van der Waals surface area contributed by atoms with E-state index in [9.17, 15) is 4.79 Å². The number of fused-ring (bicyclic) bond motifs is 1. The van der Waals surface area contributed by atoms with Crippen LogP contribution in [0.4, 0.5) is 0 Å². The van der Waals surface area contributed by atoms with Crippen molar-refractivity contribution in [3.05, 3.63) is 34.9 Å². The summed E-state index contributed by atoms with van der Waals surface area (Å²) in [5.41, 5.74) is 3.65. The molecule has 2 bridgehead atoms. The van der Waals surface area contributed by atoms with Crippen LogP contribution in [0.25, 0.3) is 0 Å². The van der Waals surface area contributed by atoms with E-state index in [4.69, 9.17) is 0 Å². The topological polar surface area (TPSA) is 29.1 Å². The van der Waals surface area contributed by atoms with Crippen molar-refractivity contribution >= 4 is 5.91 Å². The maximum atomic E-state index is 12.7. The van der Waals surface area contributed by atoms with E-state index >= 15 is 0 Å². The Bertz CT molecular complexity index is 544. The standard InChI is InChI=1S/C18H25NO/c1-11-5-6-16(12(2)7-11)13(3)19-17(20)18(4)10-14-8-15(18)9-14/h5-7,13-15H,8-10H2,1-4H3,(H,19,20). The first-order valence-electron chi connectivity index (χ1n) is 7.78. The Hall–Kier alpha value is -1.31. The predicted molar refractivity (Wildman–Crippen MR) is 81.4 cm³/mol. The number of rotatable bonds is 3. The third-order valence-corrected chi connectivity index (χ3v) is 5.61. The molecule has 3 aliphatic carbocycles. The van der Waals surface area contributed by atoms with Crippen LogP contribution < -0.4 is 5.32 Å². The molecule has 0 aromatic heterocycles. The van der Waals surface area contributed by atoms with Crippen molar-refractivity contribution in [1.82, 2.24) is 5.32 Å². The summed E-state index contributed by atoms with van der Waals surface area (Å²) in [6, 6.07) is 6.55. The highest BCUT2D eigenvalue weighted by atomic mass is 16.2. The van der Waals surface area contributed by atoms with Crippen molar-refractivity contribution in [2.45, 2.75) is 53.0 Å². The zero-order valence-corrected chi connectivity index (χ0v) is 13.0. The Balaban J connectivity index is 1.72. The highest BCUT2D eigenvalue weighted by molar-refractivity contribution is 5.84. The van der Waals surface area contributed by atoms with Gasteiger partial charge in [-0.25, -0.2) is 0 Å². The Morgan fingerprint density at radius 2 is 2.05 bits per heavy atom. The zero-order valence-electron chi connectivity index (χ0n) is 13.0. The van der Waals surface area contributed by atoms with Crippen LogP contribution in [0.15, 0.2) is 18.2 Å². The lowest BCUT2D eigenvalue weighted by Gasteiger charge is -2.32. The Morgan fingerprint density at radius 3 is 2.60 bits per heavy atom. The molecule has 1 aromatic carbocycles. The molecule has 108 valence electrons. The zero-order chi connectivity index (χ0) is 14.5. The summed E-state index contributed by atoms with van der Waals surface area (Å²) >= 11 is 0. The minimum absolute atomic E-state index is 0.0951. The van der Waals surface area contributed by atoms with Crippen molar-refractivity contribution in [3.8, 4) is 0 Å². The summed E-state index contributed by atoms with van der Waals surface area (Å²) in [7, 11) is 0. The Kier molecular flexibility index (Phi) is 3.15. The first kappa shape index (κ1) is 13.7. The van der Waals surface area contributed by atoms with E-state index in [2.05, 4.69) is 51.2 Å². The third kappa shape index (κ3) is 2.06. The van der Waals surface area contributed by atoms with Crippen molar-refractivity contribution in [1.29, 1.82) is 0 Å². The van der Waals surface area contributed by atoms with Gasteiger partial charge in [0.2, 0.25) is 5.91 Å². The van der Waals surface area contributed by atoms with E-state index < -0.39 is 0 Å². The Labute approximate surface area is 122 Å². The second-order valence-electron chi connectivity index (χ2n) is 7.21. The summed E-state index contributed by atoms with van der Waals surface area (Å²) in [6.07, 6.45) is 3.62. The monoisotopic (exact) mass is 271 g/mol. The van der Waals surface area contributed by atoms with Crippen LogP contribution in [0.1, 0.15) is 55.8 Å². The molecule has 2 atom stereocenters. The van der Waals surface area contributed by atoms with Gasteiger partial charge in [0.05, 0.1) is 6.04 Å². The van der Waals surface area contributed by atoms with Crippen LogP contribution in [-0.4, -0.2) is 5.91 Å². The molecule has 0 spiro atoms. The number of nitrogens with one attached hydrogen (secondary N) is 1. The van der Waals surface area contributed by atoms with Gasteiger partial charge in [-0.15, -0.1) is 0 Å². The minimum Gasteiger partial charge on any atom is -0.349 e. The Morgan fingerprint density at radius 1 is 1.35 bits per heavy atom. The van der Waals surface area contributed by atoms with Gasteiger partial charge in [0.1, 0.15) is 0 Å². The van der Waals surface area contributed by atoms with Gasteiger partial charge in [0.25, 0.3) is 0 Å². The number of hydrogen-bond acceptors (Lipinski definition) is 1. The number of hydrogen-bond donors (Lipinski definition) is 1. The van der Waals surface area contributed by atoms with E-state index in [1.165, 1.54) is 29.5 Å². The van der Waals surface area contributed by atoms with Crippen LogP contribution in [0.5, 0.6) is 0 Å². The molecule has 2 nitrogen and oxygen atoms in total. The van der Waals surface area contributed by atoms with Crippen molar-refractivity contribution in [2.24, 2.45) is 17.3 Å².